The first kappa shape index (κ1) is 14.0. The summed E-state index contributed by atoms with van der Waals surface area (Å²) in [5.74, 6) is 1.12. The third-order valence-electron chi connectivity index (χ3n) is 3.43. The predicted octanol–water partition coefficient (Wildman–Crippen LogP) is 1.87. The zero-order valence-electron chi connectivity index (χ0n) is 10.3. The number of hydrogen-bond donors (Lipinski definition) is 1. The zero-order chi connectivity index (χ0) is 12.0. The molecule has 0 aromatic heterocycles. The fourth-order valence-corrected chi connectivity index (χ4v) is 2.95. The van der Waals surface area contributed by atoms with Gasteiger partial charge in [-0.25, -0.2) is 0 Å². The highest BCUT2D eigenvalue weighted by Gasteiger charge is 2.25. The monoisotopic (exact) mass is 290 g/mol. The molecule has 0 aromatic carbocycles. The summed E-state index contributed by atoms with van der Waals surface area (Å²) in [5.41, 5.74) is 0. The summed E-state index contributed by atoms with van der Waals surface area (Å²) < 4.78 is 0. The van der Waals surface area contributed by atoms with Crippen LogP contribution in [0.1, 0.15) is 26.2 Å². The number of amides is 1. The summed E-state index contributed by atoms with van der Waals surface area (Å²) in [4.78, 5) is 14.0. The lowest BCUT2D eigenvalue weighted by Gasteiger charge is -2.33. The molecule has 2 atom stereocenters. The molecule has 0 spiro atoms. The van der Waals surface area contributed by atoms with Gasteiger partial charge in [0.25, 0.3) is 0 Å². The molecule has 4 heteroatoms. The number of alkyl halides is 1. The van der Waals surface area contributed by atoms with Crippen LogP contribution in [0.3, 0.4) is 0 Å². The van der Waals surface area contributed by atoms with Crippen LogP contribution in [0.15, 0.2) is 0 Å². The number of carbonyl (C=O) groups excluding carboxylic acids is 1. The van der Waals surface area contributed by atoms with Crippen molar-refractivity contribution in [3.05, 3.63) is 0 Å². The first-order valence-corrected chi connectivity index (χ1v) is 7.33. The van der Waals surface area contributed by atoms with Gasteiger partial charge in [0.15, 0.2) is 0 Å². The van der Waals surface area contributed by atoms with Gasteiger partial charge in [-0.15, -0.1) is 0 Å². The second-order valence-electron chi connectivity index (χ2n) is 4.64. The van der Waals surface area contributed by atoms with Crippen LogP contribution in [0.2, 0.25) is 0 Å². The fourth-order valence-electron chi connectivity index (χ4n) is 2.29. The first-order valence-electron chi connectivity index (χ1n) is 6.21. The minimum Gasteiger partial charge on any atom is -0.359 e. The smallest absolute Gasteiger partial charge is 0.224 e. The van der Waals surface area contributed by atoms with Crippen molar-refractivity contribution in [2.24, 2.45) is 11.8 Å². The van der Waals surface area contributed by atoms with Crippen molar-refractivity contribution >= 4 is 21.8 Å². The van der Waals surface area contributed by atoms with E-state index in [1.807, 2.05) is 0 Å². The number of halogens is 1. The molecular weight excluding hydrogens is 268 g/mol. The van der Waals surface area contributed by atoms with Crippen LogP contribution in [-0.4, -0.2) is 42.8 Å². The SMILES string of the molecule is CCC(CBr)CN1CCCC(C(=O)NC)C1. The van der Waals surface area contributed by atoms with E-state index in [2.05, 4.69) is 33.1 Å². The largest absolute Gasteiger partial charge is 0.359 e. The molecular formula is C12H23BrN2O. The molecule has 1 saturated heterocycles. The number of hydrogen-bond acceptors (Lipinski definition) is 2. The summed E-state index contributed by atoms with van der Waals surface area (Å²) in [7, 11) is 1.73. The van der Waals surface area contributed by atoms with Crippen LogP contribution in [0, 0.1) is 11.8 Å². The van der Waals surface area contributed by atoms with E-state index >= 15 is 0 Å². The van der Waals surface area contributed by atoms with Crippen LogP contribution in [0.4, 0.5) is 0 Å². The number of likely N-dealkylation sites (tertiary alicyclic amines) is 1. The van der Waals surface area contributed by atoms with Crippen LogP contribution in [0.25, 0.3) is 0 Å². The molecule has 0 radical (unpaired) electrons. The van der Waals surface area contributed by atoms with Gasteiger partial charge in [0.05, 0.1) is 5.92 Å². The molecule has 0 aliphatic carbocycles. The molecule has 2 unspecified atom stereocenters. The Balaban J connectivity index is 2.41. The van der Waals surface area contributed by atoms with E-state index in [1.165, 1.54) is 6.42 Å². The topological polar surface area (TPSA) is 32.3 Å². The van der Waals surface area contributed by atoms with Crippen LogP contribution in [0.5, 0.6) is 0 Å². The Hall–Kier alpha value is -0.0900. The number of nitrogens with one attached hydrogen (secondary N) is 1. The summed E-state index contributed by atoms with van der Waals surface area (Å²) in [6.07, 6.45) is 3.39. The van der Waals surface area contributed by atoms with Crippen LogP contribution >= 0.6 is 15.9 Å². The van der Waals surface area contributed by atoms with Gasteiger partial charge in [0.1, 0.15) is 0 Å². The van der Waals surface area contributed by atoms with Gasteiger partial charge in [0, 0.05) is 25.5 Å². The quantitative estimate of drug-likeness (QED) is 0.784. The van der Waals surface area contributed by atoms with Gasteiger partial charge in [0.2, 0.25) is 5.91 Å². The van der Waals surface area contributed by atoms with Crippen molar-refractivity contribution in [2.45, 2.75) is 26.2 Å². The molecule has 1 amide bonds. The van der Waals surface area contributed by atoms with Gasteiger partial charge in [-0.1, -0.05) is 29.3 Å². The molecule has 0 bridgehead atoms. The Morgan fingerprint density at radius 2 is 2.38 bits per heavy atom. The highest BCUT2D eigenvalue weighted by molar-refractivity contribution is 9.09. The van der Waals surface area contributed by atoms with Crippen molar-refractivity contribution in [3.63, 3.8) is 0 Å². The zero-order valence-corrected chi connectivity index (χ0v) is 11.9. The van der Waals surface area contributed by atoms with Crippen molar-refractivity contribution in [2.75, 3.05) is 32.0 Å². The predicted molar refractivity (Wildman–Crippen MR) is 70.8 cm³/mol. The molecule has 1 rings (SSSR count). The van der Waals surface area contributed by atoms with Gasteiger partial charge in [-0.3, -0.25) is 4.79 Å². The maximum Gasteiger partial charge on any atom is 0.224 e. The van der Waals surface area contributed by atoms with E-state index in [-0.39, 0.29) is 11.8 Å². The maximum absolute atomic E-state index is 11.6. The molecule has 1 fully saturated rings. The Labute approximate surface area is 107 Å². The van der Waals surface area contributed by atoms with Crippen LogP contribution < -0.4 is 5.32 Å². The molecule has 3 nitrogen and oxygen atoms in total. The second kappa shape index (κ2) is 7.28. The molecule has 0 aromatic rings. The Morgan fingerprint density at radius 1 is 1.62 bits per heavy atom. The van der Waals surface area contributed by atoms with E-state index in [0.29, 0.717) is 5.92 Å². The third-order valence-corrected chi connectivity index (χ3v) is 4.35. The summed E-state index contributed by atoms with van der Waals surface area (Å²) >= 11 is 3.55. The van der Waals surface area contributed by atoms with E-state index in [1.54, 1.807) is 7.05 Å². The minimum atomic E-state index is 0.201. The van der Waals surface area contributed by atoms with Crippen LogP contribution in [-0.2, 0) is 4.79 Å². The summed E-state index contributed by atoms with van der Waals surface area (Å²) in [6, 6.07) is 0. The Bertz CT molecular complexity index is 219. The lowest BCUT2D eigenvalue weighted by molar-refractivity contribution is -0.126. The molecule has 1 N–H and O–H groups in total. The average molecular weight is 291 g/mol. The lowest BCUT2D eigenvalue weighted by atomic mass is 9.96. The van der Waals surface area contributed by atoms with Crippen molar-refractivity contribution in [1.29, 1.82) is 0 Å². The molecule has 1 aliphatic heterocycles. The Kier molecular flexibility index (Phi) is 6.36. The average Bonchev–Trinajstić information content (AvgIpc) is 2.35. The van der Waals surface area contributed by atoms with E-state index < -0.39 is 0 Å². The van der Waals surface area contributed by atoms with Gasteiger partial charge in [-0.2, -0.15) is 0 Å². The third kappa shape index (κ3) is 4.06. The molecule has 94 valence electrons. The molecule has 16 heavy (non-hydrogen) atoms. The van der Waals surface area contributed by atoms with Crippen molar-refractivity contribution in [3.8, 4) is 0 Å². The number of piperidine rings is 1. The van der Waals surface area contributed by atoms with E-state index in [4.69, 9.17) is 0 Å². The normalized spacial score (nSPS) is 24.1. The molecule has 0 saturated carbocycles. The number of rotatable bonds is 5. The fraction of sp³-hybridized carbons (Fsp3) is 0.917. The summed E-state index contributed by atoms with van der Waals surface area (Å²) in [5, 5.41) is 3.82. The lowest BCUT2D eigenvalue weighted by Crippen LogP contribution is -2.43. The number of nitrogens with zero attached hydrogens (tertiary/aromatic N) is 1. The highest BCUT2D eigenvalue weighted by Crippen LogP contribution is 2.19. The van der Waals surface area contributed by atoms with Gasteiger partial charge < -0.3 is 10.2 Å². The van der Waals surface area contributed by atoms with Gasteiger partial charge >= 0.3 is 0 Å². The van der Waals surface area contributed by atoms with Gasteiger partial charge in [-0.05, 0) is 25.3 Å². The summed E-state index contributed by atoms with van der Waals surface area (Å²) in [6.45, 7) is 5.43. The number of carbonyl (C=O) groups is 1. The Morgan fingerprint density at radius 3 is 2.94 bits per heavy atom. The van der Waals surface area contributed by atoms with E-state index in [0.717, 1.165) is 37.8 Å². The first-order chi connectivity index (χ1) is 7.71. The highest BCUT2D eigenvalue weighted by atomic mass is 79.9. The maximum atomic E-state index is 11.6. The van der Waals surface area contributed by atoms with Crippen molar-refractivity contribution < 1.29 is 4.79 Å². The second-order valence-corrected chi connectivity index (χ2v) is 5.29. The van der Waals surface area contributed by atoms with Crippen molar-refractivity contribution in [1.82, 2.24) is 10.2 Å². The standard InChI is InChI=1S/C12H23BrN2O/c1-3-10(7-13)8-15-6-4-5-11(9-15)12(16)14-2/h10-11H,3-9H2,1-2H3,(H,14,16). The minimum absolute atomic E-state index is 0.201. The molecule has 1 aliphatic rings. The van der Waals surface area contributed by atoms with E-state index in [9.17, 15) is 4.79 Å². The molecule has 1 heterocycles.